The zero-order chi connectivity index (χ0) is 11.1. The standard InChI is InChI=1S/C13H26N2/c1-10-6-12(2,3)8-13(7-10,9-14)15-11-4-5-11/h10-11,15H,4-9,14H2,1-3H3. The van der Waals surface area contributed by atoms with Crippen molar-refractivity contribution in [1.29, 1.82) is 0 Å². The second kappa shape index (κ2) is 3.74. The quantitative estimate of drug-likeness (QED) is 0.750. The van der Waals surface area contributed by atoms with Gasteiger partial charge in [0, 0.05) is 18.1 Å². The van der Waals surface area contributed by atoms with Crippen LogP contribution in [-0.4, -0.2) is 18.1 Å². The molecule has 2 aliphatic carbocycles. The molecule has 0 aliphatic heterocycles. The summed E-state index contributed by atoms with van der Waals surface area (Å²) in [4.78, 5) is 0. The Morgan fingerprint density at radius 2 is 1.93 bits per heavy atom. The van der Waals surface area contributed by atoms with Crippen molar-refractivity contribution in [3.63, 3.8) is 0 Å². The van der Waals surface area contributed by atoms with Gasteiger partial charge in [-0.05, 0) is 43.4 Å². The first-order valence-corrected chi connectivity index (χ1v) is 6.43. The van der Waals surface area contributed by atoms with Gasteiger partial charge in [0.05, 0.1) is 0 Å². The lowest BCUT2D eigenvalue weighted by atomic mass is 9.64. The van der Waals surface area contributed by atoms with E-state index in [1.807, 2.05) is 0 Å². The molecular weight excluding hydrogens is 184 g/mol. The molecule has 0 heterocycles. The van der Waals surface area contributed by atoms with Crippen LogP contribution in [0.25, 0.3) is 0 Å². The van der Waals surface area contributed by atoms with Crippen LogP contribution in [0.2, 0.25) is 0 Å². The lowest BCUT2D eigenvalue weighted by Crippen LogP contribution is -2.57. The number of rotatable bonds is 3. The highest BCUT2D eigenvalue weighted by atomic mass is 15.1. The average molecular weight is 210 g/mol. The smallest absolute Gasteiger partial charge is 0.0314 e. The zero-order valence-corrected chi connectivity index (χ0v) is 10.5. The summed E-state index contributed by atoms with van der Waals surface area (Å²) < 4.78 is 0. The summed E-state index contributed by atoms with van der Waals surface area (Å²) in [5.74, 6) is 0.809. The van der Waals surface area contributed by atoms with Gasteiger partial charge in [-0.25, -0.2) is 0 Å². The van der Waals surface area contributed by atoms with Gasteiger partial charge in [0.1, 0.15) is 0 Å². The third kappa shape index (κ3) is 2.73. The third-order valence-electron chi connectivity index (χ3n) is 3.94. The fourth-order valence-electron chi connectivity index (χ4n) is 3.73. The predicted molar refractivity (Wildman–Crippen MR) is 64.7 cm³/mol. The Morgan fingerprint density at radius 1 is 1.27 bits per heavy atom. The van der Waals surface area contributed by atoms with E-state index in [0.29, 0.717) is 5.41 Å². The topological polar surface area (TPSA) is 38.0 Å². The Kier molecular flexibility index (Phi) is 2.85. The molecule has 0 spiro atoms. The second-order valence-electron chi connectivity index (χ2n) is 6.76. The summed E-state index contributed by atoms with van der Waals surface area (Å²) in [6, 6.07) is 0.773. The Labute approximate surface area is 94.0 Å². The van der Waals surface area contributed by atoms with Crippen molar-refractivity contribution in [3.8, 4) is 0 Å². The van der Waals surface area contributed by atoms with Gasteiger partial charge in [0.2, 0.25) is 0 Å². The molecule has 2 rings (SSSR count). The molecule has 0 aromatic heterocycles. The van der Waals surface area contributed by atoms with Crippen LogP contribution < -0.4 is 11.1 Å². The number of hydrogen-bond acceptors (Lipinski definition) is 2. The number of nitrogens with two attached hydrogens (primary N) is 1. The van der Waals surface area contributed by atoms with Crippen molar-refractivity contribution >= 4 is 0 Å². The minimum absolute atomic E-state index is 0.238. The van der Waals surface area contributed by atoms with Gasteiger partial charge >= 0.3 is 0 Å². The van der Waals surface area contributed by atoms with Crippen LogP contribution in [0.1, 0.15) is 52.9 Å². The summed E-state index contributed by atoms with van der Waals surface area (Å²) in [6.07, 6.45) is 6.58. The minimum atomic E-state index is 0.238. The highest BCUT2D eigenvalue weighted by molar-refractivity contribution is 5.03. The fraction of sp³-hybridized carbons (Fsp3) is 1.00. The lowest BCUT2D eigenvalue weighted by Gasteiger charge is -2.48. The third-order valence-corrected chi connectivity index (χ3v) is 3.94. The van der Waals surface area contributed by atoms with E-state index in [1.165, 1.54) is 32.1 Å². The first-order chi connectivity index (χ1) is 6.95. The Hall–Kier alpha value is -0.0800. The number of hydrogen-bond donors (Lipinski definition) is 2. The molecule has 0 radical (unpaired) electrons. The molecule has 2 heteroatoms. The Bertz CT molecular complexity index is 229. The van der Waals surface area contributed by atoms with Crippen LogP contribution in [0.5, 0.6) is 0 Å². The Morgan fingerprint density at radius 3 is 2.40 bits per heavy atom. The highest BCUT2D eigenvalue weighted by Gasteiger charge is 2.44. The molecule has 15 heavy (non-hydrogen) atoms. The number of nitrogens with one attached hydrogen (secondary N) is 1. The molecule has 2 nitrogen and oxygen atoms in total. The van der Waals surface area contributed by atoms with Crippen molar-refractivity contribution < 1.29 is 0 Å². The van der Waals surface area contributed by atoms with E-state index in [0.717, 1.165) is 18.5 Å². The molecule has 0 aromatic carbocycles. The van der Waals surface area contributed by atoms with E-state index in [9.17, 15) is 0 Å². The molecule has 0 aromatic rings. The molecule has 88 valence electrons. The van der Waals surface area contributed by atoms with Crippen molar-refractivity contribution in [2.45, 2.75) is 64.5 Å². The van der Waals surface area contributed by atoms with E-state index in [4.69, 9.17) is 5.73 Å². The van der Waals surface area contributed by atoms with E-state index in [-0.39, 0.29) is 5.54 Å². The van der Waals surface area contributed by atoms with Gasteiger partial charge in [0.25, 0.3) is 0 Å². The second-order valence-corrected chi connectivity index (χ2v) is 6.76. The van der Waals surface area contributed by atoms with E-state index >= 15 is 0 Å². The van der Waals surface area contributed by atoms with E-state index < -0.39 is 0 Å². The monoisotopic (exact) mass is 210 g/mol. The normalized spacial score (nSPS) is 40.4. The molecular formula is C13H26N2. The first-order valence-electron chi connectivity index (χ1n) is 6.43. The molecule has 2 saturated carbocycles. The summed E-state index contributed by atoms with van der Waals surface area (Å²) in [5.41, 5.74) is 6.73. The molecule has 2 atom stereocenters. The van der Waals surface area contributed by atoms with Gasteiger partial charge in [-0.1, -0.05) is 20.8 Å². The molecule has 0 bridgehead atoms. The average Bonchev–Trinajstić information content (AvgIpc) is 2.84. The van der Waals surface area contributed by atoms with Gasteiger partial charge in [-0.3, -0.25) is 0 Å². The van der Waals surface area contributed by atoms with Crippen molar-refractivity contribution in [1.82, 2.24) is 5.32 Å². The van der Waals surface area contributed by atoms with Crippen LogP contribution >= 0.6 is 0 Å². The van der Waals surface area contributed by atoms with Gasteiger partial charge in [-0.15, -0.1) is 0 Å². The molecule has 0 saturated heterocycles. The first kappa shape index (κ1) is 11.4. The van der Waals surface area contributed by atoms with Gasteiger partial charge in [0.15, 0.2) is 0 Å². The summed E-state index contributed by atoms with van der Waals surface area (Å²) in [5, 5.41) is 3.82. The molecule has 2 fully saturated rings. The van der Waals surface area contributed by atoms with E-state index in [2.05, 4.69) is 26.1 Å². The van der Waals surface area contributed by atoms with Crippen LogP contribution in [0.4, 0.5) is 0 Å². The maximum atomic E-state index is 6.04. The van der Waals surface area contributed by atoms with E-state index in [1.54, 1.807) is 0 Å². The van der Waals surface area contributed by atoms with Crippen LogP contribution in [0, 0.1) is 11.3 Å². The van der Waals surface area contributed by atoms with Crippen LogP contribution in [-0.2, 0) is 0 Å². The maximum Gasteiger partial charge on any atom is 0.0314 e. The van der Waals surface area contributed by atoms with Crippen molar-refractivity contribution in [3.05, 3.63) is 0 Å². The minimum Gasteiger partial charge on any atom is -0.329 e. The summed E-state index contributed by atoms with van der Waals surface area (Å²) >= 11 is 0. The van der Waals surface area contributed by atoms with Gasteiger partial charge < -0.3 is 11.1 Å². The lowest BCUT2D eigenvalue weighted by molar-refractivity contribution is 0.0849. The summed E-state index contributed by atoms with van der Waals surface area (Å²) in [7, 11) is 0. The maximum absolute atomic E-state index is 6.04. The Balaban J connectivity index is 2.08. The van der Waals surface area contributed by atoms with Crippen LogP contribution in [0.3, 0.4) is 0 Å². The largest absolute Gasteiger partial charge is 0.329 e. The molecule has 2 unspecified atom stereocenters. The molecule has 2 aliphatic rings. The van der Waals surface area contributed by atoms with Crippen molar-refractivity contribution in [2.75, 3.05) is 6.54 Å². The summed E-state index contributed by atoms with van der Waals surface area (Å²) in [6.45, 7) is 7.96. The SMILES string of the molecule is CC1CC(C)(C)CC(CN)(NC2CC2)C1. The van der Waals surface area contributed by atoms with Gasteiger partial charge in [-0.2, -0.15) is 0 Å². The fourth-order valence-corrected chi connectivity index (χ4v) is 3.73. The predicted octanol–water partition coefficient (Wildman–Crippen LogP) is 2.28. The molecule has 0 amide bonds. The highest BCUT2D eigenvalue weighted by Crippen LogP contribution is 2.44. The van der Waals surface area contributed by atoms with Crippen molar-refractivity contribution in [2.24, 2.45) is 17.1 Å². The molecule has 3 N–H and O–H groups in total. The zero-order valence-electron chi connectivity index (χ0n) is 10.5. The van der Waals surface area contributed by atoms with Crippen LogP contribution in [0.15, 0.2) is 0 Å².